The van der Waals surface area contributed by atoms with Gasteiger partial charge in [0, 0.05) is 41.1 Å². The average Bonchev–Trinajstić information content (AvgIpc) is 3.13. The molecule has 2 aromatic rings. The Morgan fingerprint density at radius 2 is 2.00 bits per heavy atom. The van der Waals surface area contributed by atoms with Crippen molar-refractivity contribution in [2.45, 2.75) is 76.2 Å². The highest BCUT2D eigenvalue weighted by atomic mass is 35.5. The molecule has 198 valence electrons. The zero-order valence-electron chi connectivity index (χ0n) is 22.7. The molecule has 0 unspecified atom stereocenters. The van der Waals surface area contributed by atoms with Gasteiger partial charge in [-0.15, -0.1) is 6.58 Å². The van der Waals surface area contributed by atoms with E-state index in [9.17, 15) is 0 Å². The lowest BCUT2D eigenvalue weighted by Crippen LogP contribution is -2.43. The van der Waals surface area contributed by atoms with Crippen LogP contribution in [0.1, 0.15) is 68.6 Å². The van der Waals surface area contributed by atoms with Crippen LogP contribution in [0.25, 0.3) is 0 Å². The Balaban J connectivity index is 1.16. The minimum absolute atomic E-state index is 0.0279. The van der Waals surface area contributed by atoms with Gasteiger partial charge in [0.25, 0.3) is 0 Å². The first-order chi connectivity index (χ1) is 17.9. The summed E-state index contributed by atoms with van der Waals surface area (Å²) in [6.07, 6.45) is 14.5. The van der Waals surface area contributed by atoms with Gasteiger partial charge in [0.15, 0.2) is 0 Å². The van der Waals surface area contributed by atoms with E-state index in [1.165, 1.54) is 47.5 Å². The second kappa shape index (κ2) is 11.2. The lowest BCUT2D eigenvalue weighted by atomic mass is 9.72. The van der Waals surface area contributed by atoms with Crippen molar-refractivity contribution in [1.29, 1.82) is 0 Å². The van der Waals surface area contributed by atoms with Crippen LogP contribution in [0.15, 0.2) is 55.4 Å². The van der Waals surface area contributed by atoms with Crippen molar-refractivity contribution in [3.05, 3.63) is 77.1 Å². The molecule has 1 saturated heterocycles. The van der Waals surface area contributed by atoms with Crippen LogP contribution in [0.5, 0.6) is 0 Å². The van der Waals surface area contributed by atoms with Crippen molar-refractivity contribution in [1.82, 2.24) is 9.88 Å². The summed E-state index contributed by atoms with van der Waals surface area (Å²) in [6, 6.07) is 9.26. The number of benzene rings is 1. The highest BCUT2D eigenvalue weighted by molar-refractivity contribution is 6.30. The SMILES string of the molecule is C=CCCc1cc(CCCN2CCC3(CC2)C(=C)Nc2ccc(Cl)cc23)cnc1N(C)C1CC(CC)C1. The van der Waals surface area contributed by atoms with Crippen LogP contribution in [-0.2, 0) is 18.3 Å². The highest BCUT2D eigenvalue weighted by Gasteiger charge is 2.44. The molecule has 1 aromatic heterocycles. The summed E-state index contributed by atoms with van der Waals surface area (Å²) in [7, 11) is 2.24. The van der Waals surface area contributed by atoms with Crippen LogP contribution in [0.4, 0.5) is 11.5 Å². The maximum Gasteiger partial charge on any atom is 0.131 e. The first-order valence-electron chi connectivity index (χ1n) is 14.2. The van der Waals surface area contributed by atoms with Crippen molar-refractivity contribution >= 4 is 23.1 Å². The number of hydrogen-bond acceptors (Lipinski definition) is 4. The number of allylic oxidation sites excluding steroid dienone is 2. The van der Waals surface area contributed by atoms with Crippen LogP contribution in [0.2, 0.25) is 5.02 Å². The molecule has 4 nitrogen and oxygen atoms in total. The number of hydrogen-bond donors (Lipinski definition) is 1. The van der Waals surface area contributed by atoms with E-state index in [4.69, 9.17) is 16.6 Å². The molecule has 0 amide bonds. The fourth-order valence-corrected chi connectivity index (χ4v) is 6.85. The minimum atomic E-state index is 0.0279. The Labute approximate surface area is 228 Å². The lowest BCUT2D eigenvalue weighted by molar-refractivity contribution is 0.179. The fourth-order valence-electron chi connectivity index (χ4n) is 6.67. The average molecular weight is 519 g/mol. The quantitative estimate of drug-likeness (QED) is 0.332. The molecule has 3 heterocycles. The number of rotatable bonds is 10. The van der Waals surface area contributed by atoms with Gasteiger partial charge < -0.3 is 15.1 Å². The Bertz CT molecular complexity index is 1130. The Morgan fingerprint density at radius 3 is 2.73 bits per heavy atom. The van der Waals surface area contributed by atoms with E-state index in [0.717, 1.165) is 74.8 Å². The van der Waals surface area contributed by atoms with E-state index >= 15 is 0 Å². The zero-order valence-corrected chi connectivity index (χ0v) is 23.5. The molecule has 2 fully saturated rings. The predicted octanol–water partition coefficient (Wildman–Crippen LogP) is 7.38. The van der Waals surface area contributed by atoms with E-state index in [0.29, 0.717) is 6.04 Å². The third-order valence-electron chi connectivity index (χ3n) is 9.30. The number of halogens is 1. The summed E-state index contributed by atoms with van der Waals surface area (Å²) >= 11 is 6.35. The molecule has 1 N–H and O–H groups in total. The Kier molecular flexibility index (Phi) is 7.97. The van der Waals surface area contributed by atoms with Gasteiger partial charge in [0.1, 0.15) is 5.82 Å². The number of likely N-dealkylation sites (tertiary alicyclic amines) is 1. The van der Waals surface area contributed by atoms with Crippen molar-refractivity contribution < 1.29 is 0 Å². The molecule has 0 radical (unpaired) electrons. The maximum atomic E-state index is 6.35. The number of aryl methyl sites for hydroxylation is 2. The number of anilines is 2. The molecule has 1 aliphatic carbocycles. The molecular weight excluding hydrogens is 476 g/mol. The molecule has 0 bridgehead atoms. The summed E-state index contributed by atoms with van der Waals surface area (Å²) < 4.78 is 0. The normalized spacial score (nSPS) is 22.4. The van der Waals surface area contributed by atoms with E-state index in [1.54, 1.807) is 0 Å². The van der Waals surface area contributed by atoms with Gasteiger partial charge in [-0.3, -0.25) is 0 Å². The van der Waals surface area contributed by atoms with Crippen LogP contribution >= 0.6 is 11.6 Å². The minimum Gasteiger partial charge on any atom is -0.358 e. The Morgan fingerprint density at radius 1 is 1.22 bits per heavy atom. The number of fused-ring (bicyclic) bond motifs is 2. The molecule has 37 heavy (non-hydrogen) atoms. The van der Waals surface area contributed by atoms with Gasteiger partial charge in [-0.1, -0.05) is 43.7 Å². The highest BCUT2D eigenvalue weighted by Crippen LogP contribution is 2.50. The van der Waals surface area contributed by atoms with Crippen LogP contribution in [0.3, 0.4) is 0 Å². The molecule has 1 saturated carbocycles. The van der Waals surface area contributed by atoms with Gasteiger partial charge in [-0.05, 0) is 112 Å². The van der Waals surface area contributed by atoms with Crippen LogP contribution in [0, 0.1) is 5.92 Å². The molecule has 0 atom stereocenters. The Hall–Kier alpha value is -2.30. The van der Waals surface area contributed by atoms with E-state index in [2.05, 4.69) is 66.6 Å². The number of nitrogens with one attached hydrogen (secondary N) is 1. The zero-order chi connectivity index (χ0) is 26.0. The molecule has 3 aliphatic rings. The third-order valence-corrected chi connectivity index (χ3v) is 9.53. The van der Waals surface area contributed by atoms with Gasteiger partial charge in [-0.25, -0.2) is 4.98 Å². The van der Waals surface area contributed by atoms with E-state index in [-0.39, 0.29) is 5.41 Å². The van der Waals surface area contributed by atoms with E-state index < -0.39 is 0 Å². The molecular formula is C32H43ClN4. The summed E-state index contributed by atoms with van der Waals surface area (Å²) in [5, 5.41) is 4.34. The topological polar surface area (TPSA) is 31.4 Å². The molecule has 1 spiro atoms. The largest absolute Gasteiger partial charge is 0.358 e. The van der Waals surface area contributed by atoms with Gasteiger partial charge >= 0.3 is 0 Å². The number of aromatic nitrogens is 1. The third kappa shape index (κ3) is 5.33. The van der Waals surface area contributed by atoms with Crippen molar-refractivity contribution in [3.8, 4) is 0 Å². The molecule has 5 heteroatoms. The smallest absolute Gasteiger partial charge is 0.131 e. The van der Waals surface area contributed by atoms with Crippen LogP contribution < -0.4 is 10.2 Å². The van der Waals surface area contributed by atoms with Crippen LogP contribution in [-0.4, -0.2) is 42.6 Å². The van der Waals surface area contributed by atoms with Crippen molar-refractivity contribution in [2.75, 3.05) is 36.9 Å². The van der Waals surface area contributed by atoms with Gasteiger partial charge in [0.2, 0.25) is 0 Å². The summed E-state index contributed by atoms with van der Waals surface area (Å²) in [4.78, 5) is 10.0. The first-order valence-corrected chi connectivity index (χ1v) is 14.6. The standard InChI is InChI=1S/C32H43ClN4/c1-5-7-10-26-18-25(22-34-31(26)36(4)28-19-24(6-2)20-28)9-8-15-37-16-13-32(14-17-37)23(3)35-30-12-11-27(33)21-29(30)32/h5,11-12,18,21-22,24,28,35H,1,3,6-10,13-17,19-20H2,2,4H3. The number of piperidine rings is 1. The summed E-state index contributed by atoms with van der Waals surface area (Å²) in [5.41, 5.74) is 6.42. The summed E-state index contributed by atoms with van der Waals surface area (Å²) in [6.45, 7) is 14.0. The summed E-state index contributed by atoms with van der Waals surface area (Å²) in [5.74, 6) is 2.07. The number of nitrogens with zero attached hydrogens (tertiary/aromatic N) is 3. The van der Waals surface area contributed by atoms with E-state index in [1.807, 2.05) is 12.1 Å². The van der Waals surface area contributed by atoms with Crippen molar-refractivity contribution in [2.24, 2.45) is 5.92 Å². The second-order valence-corrected chi connectivity index (χ2v) is 11.9. The second-order valence-electron chi connectivity index (χ2n) is 11.5. The fraction of sp³-hybridized carbons (Fsp3) is 0.531. The van der Waals surface area contributed by atoms with Gasteiger partial charge in [0.05, 0.1) is 0 Å². The van der Waals surface area contributed by atoms with Gasteiger partial charge in [-0.2, -0.15) is 0 Å². The molecule has 5 rings (SSSR count). The molecule has 2 aliphatic heterocycles. The molecule has 1 aromatic carbocycles. The maximum absolute atomic E-state index is 6.35. The lowest BCUT2D eigenvalue weighted by Gasteiger charge is -2.42. The van der Waals surface area contributed by atoms with Crippen molar-refractivity contribution in [3.63, 3.8) is 0 Å². The first kappa shape index (κ1) is 26.3. The number of pyridine rings is 1. The predicted molar refractivity (Wildman–Crippen MR) is 158 cm³/mol. The monoisotopic (exact) mass is 518 g/mol.